The third kappa shape index (κ3) is 3.15. The largest absolute Gasteiger partial charge is 0.465 e. The Kier molecular flexibility index (Phi) is 4.36. The summed E-state index contributed by atoms with van der Waals surface area (Å²) in [5.74, 6) is -0.957. The van der Waals surface area contributed by atoms with Gasteiger partial charge in [0.25, 0.3) is 5.91 Å². The van der Waals surface area contributed by atoms with Crippen LogP contribution in [0.15, 0.2) is 48.5 Å². The Morgan fingerprint density at radius 1 is 1.04 bits per heavy atom. The molecule has 0 unspecified atom stereocenters. The fraction of sp³-hybridized carbons (Fsp3) is 0.118. The van der Waals surface area contributed by atoms with Crippen molar-refractivity contribution in [3.8, 4) is 0 Å². The Bertz CT molecular complexity index is 834. The van der Waals surface area contributed by atoms with Crippen LogP contribution < -0.4 is 15.3 Å². The van der Waals surface area contributed by atoms with E-state index in [1.54, 1.807) is 41.9 Å². The van der Waals surface area contributed by atoms with Crippen LogP contribution in [0.5, 0.6) is 0 Å². The first kappa shape index (κ1) is 16.5. The lowest BCUT2D eigenvalue weighted by Crippen LogP contribution is -2.47. The van der Waals surface area contributed by atoms with Gasteiger partial charge in [-0.3, -0.25) is 19.7 Å². The Hall–Kier alpha value is -3.39. The van der Waals surface area contributed by atoms with E-state index in [4.69, 9.17) is 5.21 Å². The number of amides is 3. The molecule has 3 amide bonds. The van der Waals surface area contributed by atoms with Crippen LogP contribution in [0.1, 0.15) is 15.9 Å². The number of para-hydroxylation sites is 2. The van der Waals surface area contributed by atoms with Crippen molar-refractivity contribution < 1.29 is 24.7 Å². The van der Waals surface area contributed by atoms with Gasteiger partial charge in [-0.1, -0.05) is 24.3 Å². The third-order valence-electron chi connectivity index (χ3n) is 3.95. The minimum absolute atomic E-state index is 0.240. The number of carboxylic acid groups (broad SMARTS) is 1. The summed E-state index contributed by atoms with van der Waals surface area (Å²) in [6.07, 6.45) is -1.18. The van der Waals surface area contributed by atoms with Gasteiger partial charge in [-0.2, -0.15) is 0 Å². The fourth-order valence-corrected chi connectivity index (χ4v) is 2.71. The number of hydroxylamine groups is 1. The number of hydrogen-bond acceptors (Lipinski definition) is 4. The normalized spacial score (nSPS) is 13.4. The molecule has 2 aromatic carbocycles. The summed E-state index contributed by atoms with van der Waals surface area (Å²) in [6.45, 7) is -0.0122. The van der Waals surface area contributed by atoms with E-state index in [0.717, 1.165) is 10.5 Å². The predicted molar refractivity (Wildman–Crippen MR) is 88.7 cm³/mol. The molecule has 1 heterocycles. The highest BCUT2D eigenvalue weighted by molar-refractivity contribution is 6.09. The van der Waals surface area contributed by atoms with Crippen LogP contribution in [0.25, 0.3) is 0 Å². The summed E-state index contributed by atoms with van der Waals surface area (Å²) in [5, 5.41) is 17.9. The molecule has 1 aliphatic heterocycles. The van der Waals surface area contributed by atoms with Gasteiger partial charge in [0.2, 0.25) is 5.91 Å². The minimum Gasteiger partial charge on any atom is -0.465 e. The van der Waals surface area contributed by atoms with E-state index in [9.17, 15) is 19.5 Å². The maximum absolute atomic E-state index is 12.4. The number of nitrogens with zero attached hydrogens (tertiary/aromatic N) is 2. The van der Waals surface area contributed by atoms with Gasteiger partial charge in [0, 0.05) is 5.56 Å². The summed E-state index contributed by atoms with van der Waals surface area (Å²) in [4.78, 5) is 37.6. The molecule has 2 aromatic rings. The van der Waals surface area contributed by atoms with E-state index in [1.807, 2.05) is 0 Å². The molecule has 0 spiro atoms. The molecule has 3 N–H and O–H groups in total. The monoisotopic (exact) mass is 341 g/mol. The zero-order valence-corrected chi connectivity index (χ0v) is 13.0. The quantitative estimate of drug-likeness (QED) is 0.583. The van der Waals surface area contributed by atoms with Crippen molar-refractivity contribution >= 4 is 29.3 Å². The second kappa shape index (κ2) is 6.62. The van der Waals surface area contributed by atoms with Crippen LogP contribution in [-0.4, -0.2) is 34.8 Å². The topological polar surface area (TPSA) is 110 Å². The van der Waals surface area contributed by atoms with E-state index in [-0.39, 0.29) is 24.6 Å². The van der Waals surface area contributed by atoms with E-state index in [1.165, 1.54) is 17.0 Å². The number of benzene rings is 2. The molecule has 0 radical (unpaired) electrons. The van der Waals surface area contributed by atoms with Gasteiger partial charge in [0.05, 0.1) is 17.9 Å². The number of fused-ring (bicyclic) bond motifs is 1. The molecule has 0 saturated heterocycles. The molecule has 128 valence electrons. The molecule has 8 heteroatoms. The van der Waals surface area contributed by atoms with Crippen molar-refractivity contribution in [1.29, 1.82) is 0 Å². The molecule has 0 atom stereocenters. The summed E-state index contributed by atoms with van der Waals surface area (Å²) < 4.78 is 0. The van der Waals surface area contributed by atoms with Crippen LogP contribution in [-0.2, 0) is 11.3 Å². The average Bonchev–Trinajstić information content (AvgIpc) is 2.63. The molecule has 0 aliphatic carbocycles. The Morgan fingerprint density at radius 2 is 1.68 bits per heavy atom. The number of anilines is 2. The molecule has 8 nitrogen and oxygen atoms in total. The number of carbonyl (C=O) groups is 3. The third-order valence-corrected chi connectivity index (χ3v) is 3.95. The van der Waals surface area contributed by atoms with E-state index < -0.39 is 12.0 Å². The molecule has 1 aliphatic rings. The summed E-state index contributed by atoms with van der Waals surface area (Å²) in [5.41, 5.74) is 3.57. The van der Waals surface area contributed by atoms with E-state index >= 15 is 0 Å². The number of carbonyl (C=O) groups excluding carboxylic acids is 2. The first-order valence-corrected chi connectivity index (χ1v) is 7.44. The predicted octanol–water partition coefficient (Wildman–Crippen LogP) is 1.84. The van der Waals surface area contributed by atoms with Crippen LogP contribution >= 0.6 is 0 Å². The van der Waals surface area contributed by atoms with E-state index in [0.29, 0.717) is 11.4 Å². The second-order valence-electron chi connectivity index (χ2n) is 5.48. The molecular formula is C17H15N3O5. The van der Waals surface area contributed by atoms with Gasteiger partial charge >= 0.3 is 6.09 Å². The van der Waals surface area contributed by atoms with Gasteiger partial charge in [-0.15, -0.1) is 0 Å². The maximum Gasteiger partial charge on any atom is 0.412 e. The first-order chi connectivity index (χ1) is 12.0. The lowest BCUT2D eigenvalue weighted by Gasteiger charge is -2.34. The van der Waals surface area contributed by atoms with Crippen LogP contribution in [0.4, 0.5) is 16.2 Å². The van der Waals surface area contributed by atoms with Crippen molar-refractivity contribution in [2.75, 3.05) is 16.3 Å². The molecule has 0 bridgehead atoms. The number of rotatable bonds is 3. The SMILES string of the molecule is O=C(NO)c1ccc(CN2C(=O)CN(C(=O)O)c3ccccc32)cc1. The molecule has 0 saturated carbocycles. The second-order valence-corrected chi connectivity index (χ2v) is 5.48. The van der Waals surface area contributed by atoms with Gasteiger partial charge < -0.3 is 10.0 Å². The minimum atomic E-state index is -1.18. The van der Waals surface area contributed by atoms with Crippen molar-refractivity contribution in [2.45, 2.75) is 6.54 Å². The van der Waals surface area contributed by atoms with Gasteiger partial charge in [0.1, 0.15) is 6.54 Å². The van der Waals surface area contributed by atoms with Gasteiger partial charge in [-0.05, 0) is 29.8 Å². The van der Waals surface area contributed by atoms with E-state index in [2.05, 4.69) is 0 Å². The summed E-state index contributed by atoms with van der Waals surface area (Å²) in [7, 11) is 0. The average molecular weight is 341 g/mol. The fourth-order valence-electron chi connectivity index (χ4n) is 2.71. The van der Waals surface area contributed by atoms with Crippen molar-refractivity contribution in [2.24, 2.45) is 0 Å². The van der Waals surface area contributed by atoms with Gasteiger partial charge in [-0.25, -0.2) is 10.3 Å². The number of nitrogens with one attached hydrogen (secondary N) is 1. The maximum atomic E-state index is 12.4. The molecule has 3 rings (SSSR count). The highest BCUT2D eigenvalue weighted by Gasteiger charge is 2.32. The molecule has 0 fully saturated rings. The van der Waals surface area contributed by atoms with Gasteiger partial charge in [0.15, 0.2) is 0 Å². The highest BCUT2D eigenvalue weighted by Crippen LogP contribution is 2.34. The number of hydrogen-bond donors (Lipinski definition) is 3. The Morgan fingerprint density at radius 3 is 2.28 bits per heavy atom. The standard InChI is InChI=1S/C17H15N3O5/c21-15-10-20(17(23)24)14-4-2-1-3-13(14)19(15)9-11-5-7-12(8-6-11)16(22)18-25/h1-8,25H,9-10H2,(H,18,22)(H,23,24). The van der Waals surface area contributed by atoms with Crippen LogP contribution in [0.2, 0.25) is 0 Å². The smallest absolute Gasteiger partial charge is 0.412 e. The van der Waals surface area contributed by atoms with Crippen molar-refractivity contribution in [1.82, 2.24) is 5.48 Å². The van der Waals surface area contributed by atoms with Crippen LogP contribution in [0.3, 0.4) is 0 Å². The lowest BCUT2D eigenvalue weighted by molar-refractivity contribution is -0.117. The Balaban J connectivity index is 1.89. The zero-order valence-electron chi connectivity index (χ0n) is 13.0. The lowest BCUT2D eigenvalue weighted by atomic mass is 10.1. The van der Waals surface area contributed by atoms with Crippen molar-refractivity contribution in [3.05, 3.63) is 59.7 Å². The Labute approximate surface area is 142 Å². The van der Waals surface area contributed by atoms with Crippen molar-refractivity contribution in [3.63, 3.8) is 0 Å². The first-order valence-electron chi connectivity index (χ1n) is 7.44. The molecule has 25 heavy (non-hydrogen) atoms. The highest BCUT2D eigenvalue weighted by atomic mass is 16.5. The summed E-state index contributed by atoms with van der Waals surface area (Å²) >= 11 is 0. The molecule has 0 aromatic heterocycles. The summed E-state index contributed by atoms with van der Waals surface area (Å²) in [6, 6.07) is 13.2. The zero-order chi connectivity index (χ0) is 18.0. The molecular weight excluding hydrogens is 326 g/mol. The van der Waals surface area contributed by atoms with Crippen LogP contribution in [0, 0.1) is 0 Å².